The van der Waals surface area contributed by atoms with Gasteiger partial charge in [-0.25, -0.2) is 13.6 Å². The van der Waals surface area contributed by atoms with Crippen LogP contribution < -0.4 is 0 Å². The van der Waals surface area contributed by atoms with Gasteiger partial charge in [-0.05, 0) is 12.8 Å². The average Bonchev–Trinajstić information content (AvgIpc) is 2.40. The van der Waals surface area contributed by atoms with E-state index in [-0.39, 0.29) is 0 Å². The van der Waals surface area contributed by atoms with Gasteiger partial charge in [0, 0.05) is 7.11 Å². The van der Waals surface area contributed by atoms with Crippen LogP contribution in [0, 0.1) is 5.92 Å². The van der Waals surface area contributed by atoms with Gasteiger partial charge in [-0.15, -0.1) is 0 Å². The fourth-order valence-electron chi connectivity index (χ4n) is 1.79. The van der Waals surface area contributed by atoms with E-state index in [2.05, 4.69) is 11.7 Å². The monoisotopic (exact) mass is 278 g/mol. The fraction of sp³-hybridized carbons (Fsp3) is 0.786. The Morgan fingerprint density at radius 2 is 1.89 bits per heavy atom. The van der Waals surface area contributed by atoms with Gasteiger partial charge in [0.15, 0.2) is 6.10 Å². The topological polar surface area (TPSA) is 35.5 Å². The lowest BCUT2D eigenvalue weighted by molar-refractivity contribution is -0.158. The van der Waals surface area contributed by atoms with Crippen molar-refractivity contribution in [1.29, 1.82) is 0 Å². The zero-order chi connectivity index (χ0) is 14.7. The maximum Gasteiger partial charge on any atom is 0.335 e. The Morgan fingerprint density at radius 3 is 2.37 bits per heavy atom. The molecule has 0 aromatic rings. The largest absolute Gasteiger partial charge is 0.467 e. The molecule has 0 aliphatic rings. The molecular formula is C14H24F2O3. The van der Waals surface area contributed by atoms with Crippen molar-refractivity contribution in [3.8, 4) is 0 Å². The van der Waals surface area contributed by atoms with Crippen molar-refractivity contribution < 1.29 is 23.0 Å². The van der Waals surface area contributed by atoms with Crippen LogP contribution in [0.1, 0.15) is 39.0 Å². The molecule has 19 heavy (non-hydrogen) atoms. The van der Waals surface area contributed by atoms with Crippen molar-refractivity contribution in [2.45, 2.75) is 51.6 Å². The van der Waals surface area contributed by atoms with Gasteiger partial charge in [-0.2, -0.15) is 0 Å². The number of carbonyl (C=O) groups is 1. The Hall–Kier alpha value is -0.970. The van der Waals surface area contributed by atoms with E-state index in [4.69, 9.17) is 4.74 Å². The Morgan fingerprint density at radius 1 is 1.21 bits per heavy atom. The third kappa shape index (κ3) is 7.25. The van der Waals surface area contributed by atoms with E-state index in [9.17, 15) is 13.6 Å². The second kappa shape index (κ2) is 10.9. The fourth-order valence-corrected chi connectivity index (χ4v) is 1.79. The van der Waals surface area contributed by atoms with Gasteiger partial charge >= 0.3 is 5.97 Å². The molecule has 0 rings (SSSR count). The second-order valence-corrected chi connectivity index (χ2v) is 4.37. The molecule has 0 heterocycles. The summed E-state index contributed by atoms with van der Waals surface area (Å²) in [6.45, 7) is 2.11. The minimum Gasteiger partial charge on any atom is -0.467 e. The number of hydrogen-bond acceptors (Lipinski definition) is 3. The summed E-state index contributed by atoms with van der Waals surface area (Å²) in [6.07, 6.45) is 4.23. The number of ether oxygens (including phenoxy) is 2. The van der Waals surface area contributed by atoms with E-state index in [0.717, 1.165) is 39.2 Å². The highest BCUT2D eigenvalue weighted by molar-refractivity contribution is 5.75. The summed E-state index contributed by atoms with van der Waals surface area (Å²) in [5.41, 5.74) is 0. The van der Waals surface area contributed by atoms with Crippen LogP contribution in [0.25, 0.3) is 0 Å². The number of alkyl halides is 2. The van der Waals surface area contributed by atoms with Crippen LogP contribution in [-0.4, -0.2) is 32.7 Å². The first-order chi connectivity index (χ1) is 9.08. The minimum atomic E-state index is -2.66. The Kier molecular flexibility index (Phi) is 10.4. The molecule has 0 saturated carbocycles. The van der Waals surface area contributed by atoms with Crippen molar-refractivity contribution in [1.82, 2.24) is 0 Å². The minimum absolute atomic E-state index is 0.737. The molecule has 5 heteroatoms. The summed E-state index contributed by atoms with van der Waals surface area (Å²) in [5, 5.41) is 0. The smallest absolute Gasteiger partial charge is 0.335 e. The van der Waals surface area contributed by atoms with Crippen molar-refractivity contribution in [2.24, 2.45) is 5.92 Å². The first kappa shape index (κ1) is 18.0. The number of hydrogen-bond donors (Lipinski definition) is 0. The lowest BCUT2D eigenvalue weighted by Crippen LogP contribution is -2.35. The first-order valence-electron chi connectivity index (χ1n) is 6.63. The zero-order valence-corrected chi connectivity index (χ0v) is 11.9. The molecule has 112 valence electrons. The maximum absolute atomic E-state index is 12.9. The first-order valence-corrected chi connectivity index (χ1v) is 6.63. The molecule has 0 radical (unpaired) electrons. The van der Waals surface area contributed by atoms with Crippen LogP contribution in [0.15, 0.2) is 12.2 Å². The summed E-state index contributed by atoms with van der Waals surface area (Å²) >= 11 is 0. The Labute approximate surface area is 114 Å². The summed E-state index contributed by atoms with van der Waals surface area (Å²) in [4.78, 5) is 11.3. The van der Waals surface area contributed by atoms with Crippen molar-refractivity contribution in [2.75, 3.05) is 14.2 Å². The average molecular weight is 278 g/mol. The van der Waals surface area contributed by atoms with Gasteiger partial charge in [-0.1, -0.05) is 38.3 Å². The van der Waals surface area contributed by atoms with Crippen molar-refractivity contribution in [3.05, 3.63) is 12.2 Å². The highest BCUT2D eigenvalue weighted by Crippen LogP contribution is 2.20. The zero-order valence-electron chi connectivity index (χ0n) is 11.9. The van der Waals surface area contributed by atoms with E-state index >= 15 is 0 Å². The van der Waals surface area contributed by atoms with E-state index < -0.39 is 24.4 Å². The second-order valence-electron chi connectivity index (χ2n) is 4.37. The molecule has 0 unspecified atom stereocenters. The summed E-state index contributed by atoms with van der Waals surface area (Å²) in [7, 11) is 2.39. The molecule has 0 amide bonds. The van der Waals surface area contributed by atoms with E-state index in [0.29, 0.717) is 0 Å². The number of carbonyl (C=O) groups excluding carboxylic acids is 1. The molecule has 0 fully saturated rings. The van der Waals surface area contributed by atoms with Crippen LogP contribution in [0.3, 0.4) is 0 Å². The number of halogens is 2. The number of esters is 1. The molecule has 2 atom stereocenters. The van der Waals surface area contributed by atoms with E-state index in [1.807, 2.05) is 0 Å². The Bertz CT molecular complexity index is 267. The van der Waals surface area contributed by atoms with E-state index in [1.54, 1.807) is 6.08 Å². The van der Waals surface area contributed by atoms with Crippen molar-refractivity contribution in [3.63, 3.8) is 0 Å². The van der Waals surface area contributed by atoms with Crippen LogP contribution in [0.4, 0.5) is 8.78 Å². The molecule has 0 aliphatic heterocycles. The van der Waals surface area contributed by atoms with Gasteiger partial charge in [0.25, 0.3) is 0 Å². The van der Waals surface area contributed by atoms with Gasteiger partial charge in [-0.3, -0.25) is 0 Å². The van der Waals surface area contributed by atoms with Gasteiger partial charge < -0.3 is 9.47 Å². The van der Waals surface area contributed by atoms with Crippen LogP contribution in [-0.2, 0) is 14.3 Å². The van der Waals surface area contributed by atoms with Crippen LogP contribution >= 0.6 is 0 Å². The summed E-state index contributed by atoms with van der Waals surface area (Å²) in [6, 6.07) is 0. The third-order valence-corrected chi connectivity index (χ3v) is 2.91. The molecule has 0 aliphatic carbocycles. The van der Waals surface area contributed by atoms with Gasteiger partial charge in [0.1, 0.15) is 0 Å². The highest BCUT2D eigenvalue weighted by atomic mass is 19.3. The maximum atomic E-state index is 12.9. The van der Waals surface area contributed by atoms with Crippen molar-refractivity contribution >= 4 is 5.97 Å². The highest BCUT2D eigenvalue weighted by Gasteiger charge is 2.33. The summed E-state index contributed by atoms with van der Waals surface area (Å²) < 4.78 is 35.1. The van der Waals surface area contributed by atoms with Gasteiger partial charge in [0.2, 0.25) is 6.43 Å². The third-order valence-electron chi connectivity index (χ3n) is 2.91. The molecule has 0 aromatic carbocycles. The molecule has 0 saturated heterocycles. The molecule has 0 spiro atoms. The van der Waals surface area contributed by atoms with Crippen LogP contribution in [0.2, 0.25) is 0 Å². The SMILES string of the molecule is CCCCCC/C=C/[C@@H](C(F)F)[C@H](OC)C(=O)OC. The predicted octanol–water partition coefficient (Wildman–Crippen LogP) is 3.58. The molecule has 0 N–H and O–H groups in total. The number of allylic oxidation sites excluding steroid dienone is 1. The van der Waals surface area contributed by atoms with Gasteiger partial charge in [0.05, 0.1) is 13.0 Å². The molecular weight excluding hydrogens is 254 g/mol. The van der Waals surface area contributed by atoms with E-state index in [1.165, 1.54) is 13.2 Å². The predicted molar refractivity (Wildman–Crippen MR) is 70.2 cm³/mol. The van der Waals surface area contributed by atoms with Crippen LogP contribution in [0.5, 0.6) is 0 Å². The standard InChI is InChI=1S/C14H24F2O3/c1-4-5-6-7-8-9-10-11(13(15)16)12(18-2)14(17)19-3/h9-13H,4-8H2,1-3H3/b10-9+/t11-,12+/m1/s1. The number of rotatable bonds is 10. The number of methoxy groups -OCH3 is 2. The quantitative estimate of drug-likeness (QED) is 0.348. The molecule has 0 aromatic heterocycles. The molecule has 0 bridgehead atoms. The lowest BCUT2D eigenvalue weighted by Gasteiger charge is -2.20. The Balaban J connectivity index is 4.38. The normalized spacial score (nSPS) is 14.8. The lowest BCUT2D eigenvalue weighted by atomic mass is 10.0. The number of unbranched alkanes of at least 4 members (excludes halogenated alkanes) is 4. The summed E-state index contributed by atoms with van der Waals surface area (Å²) in [5.74, 6) is -2.04. The molecule has 3 nitrogen and oxygen atoms in total.